The van der Waals surface area contributed by atoms with Crippen LogP contribution in [0.5, 0.6) is 0 Å². The SMILES string of the molecule is Cc1c(-c2cnn(C)c2)nn(-c2ccccc2)c1NC(=O)NC1CSCc2ccc(Br)cc21. The lowest BCUT2D eigenvalue weighted by Gasteiger charge is -2.26. The van der Waals surface area contributed by atoms with Crippen LogP contribution in [0.15, 0.2) is 65.4 Å². The summed E-state index contributed by atoms with van der Waals surface area (Å²) in [5.41, 5.74) is 5.84. The minimum atomic E-state index is -0.258. The standard InChI is InChI=1S/C24H23BrN6OS/c1-15-22(17-11-26-30(2)12-17)29-31(19-6-4-3-5-7-19)23(15)28-24(32)27-21-14-33-13-16-8-9-18(25)10-20(16)21/h3-12,21H,13-14H2,1-2H3,(H2,27,28,32). The van der Waals surface area contributed by atoms with Crippen LogP contribution >= 0.6 is 27.7 Å². The number of nitrogens with zero attached hydrogens (tertiary/aromatic N) is 4. The molecule has 2 amide bonds. The Morgan fingerprint density at radius 1 is 1.21 bits per heavy atom. The van der Waals surface area contributed by atoms with Gasteiger partial charge in [0.1, 0.15) is 11.5 Å². The van der Waals surface area contributed by atoms with E-state index in [0.29, 0.717) is 5.82 Å². The number of aryl methyl sites for hydroxylation is 1. The summed E-state index contributed by atoms with van der Waals surface area (Å²) in [5, 5.41) is 15.3. The van der Waals surface area contributed by atoms with E-state index in [4.69, 9.17) is 5.10 Å². The minimum absolute atomic E-state index is 0.0672. The fourth-order valence-electron chi connectivity index (χ4n) is 4.04. The number of hydrogen-bond acceptors (Lipinski definition) is 4. The molecule has 9 heteroatoms. The molecular formula is C24H23BrN6OS. The maximum absolute atomic E-state index is 13.2. The zero-order chi connectivity index (χ0) is 22.9. The van der Waals surface area contributed by atoms with Crippen LogP contribution in [-0.4, -0.2) is 31.3 Å². The molecule has 1 aliphatic rings. The fraction of sp³-hybridized carbons (Fsp3) is 0.208. The lowest BCUT2D eigenvalue weighted by Crippen LogP contribution is -2.36. The van der Waals surface area contributed by atoms with Crippen molar-refractivity contribution in [2.75, 3.05) is 11.1 Å². The van der Waals surface area contributed by atoms with Gasteiger partial charge in [0.2, 0.25) is 0 Å². The summed E-state index contributed by atoms with van der Waals surface area (Å²) in [6.45, 7) is 1.97. The lowest BCUT2D eigenvalue weighted by molar-refractivity contribution is 0.249. The highest BCUT2D eigenvalue weighted by Crippen LogP contribution is 2.34. The molecule has 2 aromatic heterocycles. The Kier molecular flexibility index (Phi) is 5.99. The first-order valence-corrected chi connectivity index (χ1v) is 12.5. The first-order valence-electron chi connectivity index (χ1n) is 10.6. The first kappa shape index (κ1) is 21.8. The van der Waals surface area contributed by atoms with Gasteiger partial charge in [-0.25, -0.2) is 9.48 Å². The second kappa shape index (κ2) is 9.07. The quantitative estimate of drug-likeness (QED) is 0.373. The molecule has 1 unspecified atom stereocenters. The van der Waals surface area contributed by atoms with Crippen LogP contribution in [0.2, 0.25) is 0 Å². The molecule has 168 valence electrons. The Morgan fingerprint density at radius 2 is 2.03 bits per heavy atom. The van der Waals surface area contributed by atoms with Gasteiger partial charge in [0.15, 0.2) is 0 Å². The largest absolute Gasteiger partial charge is 0.330 e. The van der Waals surface area contributed by atoms with Gasteiger partial charge in [-0.3, -0.25) is 10.00 Å². The molecule has 1 atom stereocenters. The minimum Gasteiger partial charge on any atom is -0.330 e. The molecular weight excluding hydrogens is 500 g/mol. The predicted molar refractivity (Wildman–Crippen MR) is 136 cm³/mol. The first-order chi connectivity index (χ1) is 16.0. The molecule has 2 aromatic carbocycles. The van der Waals surface area contributed by atoms with Crippen molar-refractivity contribution < 1.29 is 4.79 Å². The molecule has 3 heterocycles. The van der Waals surface area contributed by atoms with Gasteiger partial charge in [0.25, 0.3) is 0 Å². The van der Waals surface area contributed by atoms with Crippen molar-refractivity contribution >= 4 is 39.5 Å². The monoisotopic (exact) mass is 522 g/mol. The number of urea groups is 1. The van der Waals surface area contributed by atoms with Crippen molar-refractivity contribution in [2.45, 2.75) is 18.7 Å². The van der Waals surface area contributed by atoms with E-state index in [1.54, 1.807) is 15.6 Å². The number of anilines is 1. The Bertz CT molecular complexity index is 1320. The molecule has 4 aromatic rings. The van der Waals surface area contributed by atoms with E-state index in [-0.39, 0.29) is 12.1 Å². The van der Waals surface area contributed by atoms with Gasteiger partial charge in [-0.05, 0) is 42.3 Å². The number of amides is 2. The normalized spacial score (nSPS) is 15.2. The van der Waals surface area contributed by atoms with Crippen molar-refractivity contribution in [1.82, 2.24) is 24.9 Å². The van der Waals surface area contributed by atoms with Gasteiger partial charge < -0.3 is 5.32 Å². The molecule has 2 N–H and O–H groups in total. The van der Waals surface area contributed by atoms with Gasteiger partial charge in [0, 0.05) is 40.3 Å². The maximum atomic E-state index is 13.2. The fourth-order valence-corrected chi connectivity index (χ4v) is 5.51. The number of carbonyl (C=O) groups is 1. The third kappa shape index (κ3) is 4.43. The third-order valence-electron chi connectivity index (χ3n) is 5.66. The molecule has 1 aliphatic heterocycles. The number of benzene rings is 2. The topological polar surface area (TPSA) is 76.8 Å². The molecule has 0 bridgehead atoms. The molecule has 0 saturated carbocycles. The van der Waals surface area contributed by atoms with Crippen LogP contribution in [0, 0.1) is 6.92 Å². The summed E-state index contributed by atoms with van der Waals surface area (Å²) in [6.07, 6.45) is 3.70. The van der Waals surface area contributed by atoms with Crippen LogP contribution < -0.4 is 10.6 Å². The van der Waals surface area contributed by atoms with Gasteiger partial charge in [0.05, 0.1) is 17.9 Å². The number of aromatic nitrogens is 4. The van der Waals surface area contributed by atoms with Crippen molar-refractivity contribution in [3.63, 3.8) is 0 Å². The Hall–Kier alpha value is -3.04. The van der Waals surface area contributed by atoms with Gasteiger partial charge in [-0.15, -0.1) is 0 Å². The molecule has 0 saturated heterocycles. The second-order valence-corrected chi connectivity index (χ2v) is 9.93. The Balaban J connectivity index is 1.46. The maximum Gasteiger partial charge on any atom is 0.320 e. The van der Waals surface area contributed by atoms with Gasteiger partial charge in [-0.2, -0.15) is 22.0 Å². The van der Waals surface area contributed by atoms with Crippen molar-refractivity contribution in [3.8, 4) is 16.9 Å². The molecule has 0 aliphatic carbocycles. The van der Waals surface area contributed by atoms with E-state index < -0.39 is 0 Å². The summed E-state index contributed by atoms with van der Waals surface area (Å²) in [5.74, 6) is 2.42. The van der Waals surface area contributed by atoms with Crippen molar-refractivity contribution in [2.24, 2.45) is 7.05 Å². The number of thioether (sulfide) groups is 1. The van der Waals surface area contributed by atoms with Crippen LogP contribution in [0.25, 0.3) is 16.9 Å². The van der Waals surface area contributed by atoms with Crippen LogP contribution in [-0.2, 0) is 12.8 Å². The van der Waals surface area contributed by atoms with Gasteiger partial charge >= 0.3 is 6.03 Å². The number of halogens is 1. The van der Waals surface area contributed by atoms with E-state index in [2.05, 4.69) is 43.8 Å². The zero-order valence-corrected chi connectivity index (χ0v) is 20.7. The highest BCUT2D eigenvalue weighted by atomic mass is 79.9. The van der Waals surface area contributed by atoms with E-state index in [9.17, 15) is 4.79 Å². The predicted octanol–water partition coefficient (Wildman–Crippen LogP) is 5.45. The summed E-state index contributed by atoms with van der Waals surface area (Å²) < 4.78 is 4.53. The van der Waals surface area contributed by atoms with Crippen LogP contribution in [0.3, 0.4) is 0 Å². The highest BCUT2D eigenvalue weighted by Gasteiger charge is 2.25. The number of fused-ring (bicyclic) bond motifs is 1. The van der Waals surface area contributed by atoms with E-state index >= 15 is 0 Å². The Morgan fingerprint density at radius 3 is 2.79 bits per heavy atom. The average Bonchev–Trinajstić information content (AvgIpc) is 3.38. The number of rotatable bonds is 4. The smallest absolute Gasteiger partial charge is 0.320 e. The van der Waals surface area contributed by atoms with Crippen molar-refractivity contribution in [3.05, 3.63) is 82.1 Å². The summed E-state index contributed by atoms with van der Waals surface area (Å²) in [6, 6.07) is 15.7. The Labute approximate surface area is 204 Å². The molecule has 0 fully saturated rings. The van der Waals surface area contributed by atoms with Gasteiger partial charge in [-0.1, -0.05) is 40.2 Å². The molecule has 0 radical (unpaired) electrons. The van der Waals surface area contributed by atoms with E-state index in [1.165, 1.54) is 5.56 Å². The number of carbonyl (C=O) groups excluding carboxylic acids is 1. The molecule has 7 nitrogen and oxygen atoms in total. The molecule has 5 rings (SSSR count). The number of para-hydroxylation sites is 1. The van der Waals surface area contributed by atoms with Crippen LogP contribution in [0.4, 0.5) is 10.6 Å². The summed E-state index contributed by atoms with van der Waals surface area (Å²) in [7, 11) is 1.87. The van der Waals surface area contributed by atoms with Crippen LogP contribution in [0.1, 0.15) is 22.7 Å². The number of hydrogen-bond donors (Lipinski definition) is 2. The zero-order valence-electron chi connectivity index (χ0n) is 18.2. The van der Waals surface area contributed by atoms with E-state index in [0.717, 1.165) is 44.1 Å². The average molecular weight is 523 g/mol. The van der Waals surface area contributed by atoms with E-state index in [1.807, 2.05) is 68.3 Å². The molecule has 0 spiro atoms. The summed E-state index contributed by atoms with van der Waals surface area (Å²) in [4.78, 5) is 13.2. The van der Waals surface area contributed by atoms with Crippen molar-refractivity contribution in [1.29, 1.82) is 0 Å². The lowest BCUT2D eigenvalue weighted by atomic mass is 10.0. The summed E-state index contributed by atoms with van der Waals surface area (Å²) >= 11 is 5.38. The number of nitrogens with one attached hydrogen (secondary N) is 2. The molecule has 33 heavy (non-hydrogen) atoms. The third-order valence-corrected chi connectivity index (χ3v) is 7.24. The highest BCUT2D eigenvalue weighted by molar-refractivity contribution is 9.10. The second-order valence-electron chi connectivity index (χ2n) is 7.98.